The van der Waals surface area contributed by atoms with Crippen molar-refractivity contribution in [1.82, 2.24) is 0 Å². The Bertz CT molecular complexity index is 689. The van der Waals surface area contributed by atoms with Crippen LogP contribution in [-0.2, 0) is 0 Å². The summed E-state index contributed by atoms with van der Waals surface area (Å²) in [7, 11) is 0. The molecule has 0 amide bonds. The third-order valence-corrected chi connectivity index (χ3v) is 8.22. The second kappa shape index (κ2) is 5.89. The van der Waals surface area contributed by atoms with Crippen LogP contribution in [0, 0.1) is 0 Å². The molecular formula is C18H16ClNP+. The van der Waals surface area contributed by atoms with Gasteiger partial charge in [0.15, 0.2) is 0 Å². The summed E-state index contributed by atoms with van der Waals surface area (Å²) < 4.78 is 0. The first-order valence-corrected chi connectivity index (χ1v) is 9.47. The minimum atomic E-state index is -2.16. The van der Waals surface area contributed by atoms with E-state index in [9.17, 15) is 0 Å². The number of hydrogen-bond acceptors (Lipinski definition) is 1. The van der Waals surface area contributed by atoms with Gasteiger partial charge < -0.3 is 5.73 Å². The molecular weight excluding hydrogens is 297 g/mol. The Morgan fingerprint density at radius 3 is 1.57 bits per heavy atom. The van der Waals surface area contributed by atoms with E-state index in [1.807, 2.05) is 54.6 Å². The van der Waals surface area contributed by atoms with E-state index < -0.39 is 6.62 Å². The smallest absolute Gasteiger partial charge is 0.210 e. The highest BCUT2D eigenvalue weighted by Crippen LogP contribution is 2.60. The van der Waals surface area contributed by atoms with Gasteiger partial charge >= 0.3 is 0 Å². The zero-order valence-electron chi connectivity index (χ0n) is 11.5. The van der Waals surface area contributed by atoms with Crippen molar-refractivity contribution in [3.8, 4) is 0 Å². The molecule has 0 atom stereocenters. The Balaban J connectivity index is 2.25. The summed E-state index contributed by atoms with van der Waals surface area (Å²) in [5, 5.41) is 3.37. The Hall–Kier alpha value is -1.82. The Morgan fingerprint density at radius 1 is 0.619 bits per heavy atom. The number of anilines is 1. The van der Waals surface area contributed by atoms with Gasteiger partial charge in [0.2, 0.25) is 6.62 Å². The largest absolute Gasteiger partial charge is 0.399 e. The van der Waals surface area contributed by atoms with Gasteiger partial charge in [0, 0.05) is 11.8 Å². The molecule has 21 heavy (non-hydrogen) atoms. The number of nitrogens with two attached hydrogens (primary N) is 1. The van der Waals surface area contributed by atoms with Crippen LogP contribution in [0.2, 0.25) is 0 Å². The molecule has 0 saturated heterocycles. The number of benzene rings is 3. The highest BCUT2D eigenvalue weighted by Gasteiger charge is 2.44. The second-order valence-electron chi connectivity index (χ2n) is 4.86. The molecule has 0 saturated carbocycles. The maximum atomic E-state index is 7.24. The van der Waals surface area contributed by atoms with Gasteiger partial charge in [0.1, 0.15) is 27.2 Å². The summed E-state index contributed by atoms with van der Waals surface area (Å²) in [4.78, 5) is 0. The van der Waals surface area contributed by atoms with Crippen LogP contribution in [-0.4, -0.2) is 0 Å². The molecule has 3 rings (SSSR count). The van der Waals surface area contributed by atoms with Crippen LogP contribution < -0.4 is 21.6 Å². The Morgan fingerprint density at radius 2 is 1.10 bits per heavy atom. The Labute approximate surface area is 130 Å². The van der Waals surface area contributed by atoms with Gasteiger partial charge in [-0.05, 0) is 36.4 Å². The van der Waals surface area contributed by atoms with Crippen molar-refractivity contribution in [2.75, 3.05) is 5.73 Å². The standard InChI is InChI=1S/C18H16ClNP/c19-21(16-9-3-1-4-10-16,17-11-5-2-6-12-17)18-13-7-8-15(20)14-18/h1-14H,20H2/q+1. The van der Waals surface area contributed by atoms with Crippen LogP contribution in [0.25, 0.3) is 0 Å². The molecule has 0 spiro atoms. The molecule has 0 heterocycles. The minimum absolute atomic E-state index is 0.740. The average molecular weight is 313 g/mol. The van der Waals surface area contributed by atoms with E-state index in [1.54, 1.807) is 0 Å². The maximum Gasteiger partial charge on any atom is 0.210 e. The predicted molar refractivity (Wildman–Crippen MR) is 95.4 cm³/mol. The fraction of sp³-hybridized carbons (Fsp3) is 0. The first-order chi connectivity index (χ1) is 10.2. The molecule has 0 aliphatic heterocycles. The topological polar surface area (TPSA) is 26.0 Å². The summed E-state index contributed by atoms with van der Waals surface area (Å²) in [5.41, 5.74) is 6.71. The average Bonchev–Trinajstić information content (AvgIpc) is 2.56. The van der Waals surface area contributed by atoms with Gasteiger partial charge in [-0.15, -0.1) is 0 Å². The third-order valence-electron chi connectivity index (χ3n) is 3.45. The van der Waals surface area contributed by atoms with E-state index in [1.165, 1.54) is 0 Å². The van der Waals surface area contributed by atoms with Crippen LogP contribution in [0.1, 0.15) is 0 Å². The van der Waals surface area contributed by atoms with E-state index >= 15 is 0 Å². The minimum Gasteiger partial charge on any atom is -0.399 e. The van der Waals surface area contributed by atoms with Gasteiger partial charge in [-0.3, -0.25) is 0 Å². The summed E-state index contributed by atoms with van der Waals surface area (Å²) in [6.45, 7) is -2.16. The van der Waals surface area contributed by atoms with E-state index in [-0.39, 0.29) is 0 Å². The monoisotopic (exact) mass is 312 g/mol. The van der Waals surface area contributed by atoms with Crippen molar-refractivity contribution in [3.05, 3.63) is 84.9 Å². The fourth-order valence-corrected chi connectivity index (χ4v) is 6.10. The second-order valence-corrected chi connectivity index (χ2v) is 9.10. The van der Waals surface area contributed by atoms with Crippen molar-refractivity contribution in [1.29, 1.82) is 0 Å². The molecule has 2 N–H and O–H groups in total. The van der Waals surface area contributed by atoms with Crippen LogP contribution in [0.3, 0.4) is 0 Å². The number of halogens is 1. The molecule has 104 valence electrons. The third kappa shape index (κ3) is 2.68. The van der Waals surface area contributed by atoms with Crippen molar-refractivity contribution >= 4 is 39.5 Å². The molecule has 0 unspecified atom stereocenters. The van der Waals surface area contributed by atoms with E-state index in [4.69, 9.17) is 17.0 Å². The molecule has 3 aromatic carbocycles. The fourth-order valence-electron chi connectivity index (χ4n) is 2.43. The molecule has 0 radical (unpaired) electrons. The summed E-state index contributed by atoms with van der Waals surface area (Å²) in [6, 6.07) is 28.4. The lowest BCUT2D eigenvalue weighted by Crippen LogP contribution is -2.27. The van der Waals surface area contributed by atoms with E-state index in [0.717, 1.165) is 21.6 Å². The normalized spacial score (nSPS) is 11.3. The molecule has 0 fully saturated rings. The van der Waals surface area contributed by atoms with Crippen LogP contribution in [0.5, 0.6) is 0 Å². The zero-order valence-corrected chi connectivity index (χ0v) is 13.1. The van der Waals surface area contributed by atoms with Crippen LogP contribution >= 0.6 is 17.9 Å². The summed E-state index contributed by atoms with van der Waals surface area (Å²) in [6.07, 6.45) is 0. The maximum absolute atomic E-state index is 7.24. The van der Waals surface area contributed by atoms with Crippen molar-refractivity contribution in [2.45, 2.75) is 0 Å². The number of hydrogen-bond donors (Lipinski definition) is 1. The van der Waals surface area contributed by atoms with Gasteiger partial charge in [-0.1, -0.05) is 42.5 Å². The highest BCUT2D eigenvalue weighted by molar-refractivity contribution is 8.14. The SMILES string of the molecule is Nc1cccc([P+](Cl)(c2ccccc2)c2ccccc2)c1. The molecule has 0 bridgehead atoms. The predicted octanol–water partition coefficient (Wildman–Crippen LogP) is 3.72. The van der Waals surface area contributed by atoms with Gasteiger partial charge in [-0.25, -0.2) is 0 Å². The van der Waals surface area contributed by atoms with Gasteiger partial charge in [-0.2, -0.15) is 0 Å². The van der Waals surface area contributed by atoms with Crippen molar-refractivity contribution < 1.29 is 0 Å². The highest BCUT2D eigenvalue weighted by atomic mass is 35.7. The first-order valence-electron chi connectivity index (χ1n) is 6.77. The van der Waals surface area contributed by atoms with Crippen molar-refractivity contribution in [2.24, 2.45) is 0 Å². The van der Waals surface area contributed by atoms with Crippen molar-refractivity contribution in [3.63, 3.8) is 0 Å². The lowest BCUT2D eigenvalue weighted by atomic mass is 10.3. The number of nitrogen functional groups attached to an aromatic ring is 1. The van der Waals surface area contributed by atoms with E-state index in [0.29, 0.717) is 0 Å². The lowest BCUT2D eigenvalue weighted by Gasteiger charge is -2.19. The molecule has 3 aromatic rings. The quantitative estimate of drug-likeness (QED) is 0.579. The molecule has 3 heteroatoms. The lowest BCUT2D eigenvalue weighted by molar-refractivity contribution is 1.71. The molecule has 0 aliphatic rings. The molecule has 0 aromatic heterocycles. The zero-order chi connectivity index (χ0) is 14.7. The van der Waals surface area contributed by atoms with E-state index in [2.05, 4.69) is 30.3 Å². The first kappa shape index (κ1) is 14.1. The summed E-state index contributed by atoms with van der Waals surface area (Å²) >= 11 is 7.24. The molecule has 1 nitrogen and oxygen atoms in total. The van der Waals surface area contributed by atoms with Crippen LogP contribution in [0.4, 0.5) is 5.69 Å². The van der Waals surface area contributed by atoms with Gasteiger partial charge in [0.05, 0.1) is 0 Å². The van der Waals surface area contributed by atoms with Gasteiger partial charge in [0.25, 0.3) is 0 Å². The summed E-state index contributed by atoms with van der Waals surface area (Å²) in [5.74, 6) is 0. The molecule has 0 aliphatic carbocycles. The number of rotatable bonds is 3. The van der Waals surface area contributed by atoms with Crippen LogP contribution in [0.15, 0.2) is 84.9 Å². The Kier molecular flexibility index (Phi) is 3.96.